The molecular weight excluding hydrogens is 438 g/mol. The van der Waals surface area contributed by atoms with Gasteiger partial charge in [-0.05, 0) is 94.3 Å². The summed E-state index contributed by atoms with van der Waals surface area (Å²) in [6, 6.07) is 3.49. The number of hydrogen-bond acceptors (Lipinski definition) is 5. The molecule has 1 amide bonds. The van der Waals surface area contributed by atoms with Gasteiger partial charge >= 0.3 is 0 Å². The van der Waals surface area contributed by atoms with Crippen LogP contribution in [-0.2, 0) is 14.8 Å². The Morgan fingerprint density at radius 3 is 2.12 bits per heavy atom. The zero-order valence-electron chi connectivity index (χ0n) is 21.0. The van der Waals surface area contributed by atoms with E-state index in [1.807, 2.05) is 4.90 Å². The zero-order valence-corrected chi connectivity index (χ0v) is 21.8. The Kier molecular flexibility index (Phi) is 8.45. The Morgan fingerprint density at radius 1 is 1.06 bits per heavy atom. The molecule has 0 N–H and O–H groups in total. The van der Waals surface area contributed by atoms with Gasteiger partial charge in [0.1, 0.15) is 5.75 Å². The van der Waals surface area contributed by atoms with Gasteiger partial charge in [0.25, 0.3) is 0 Å². The summed E-state index contributed by atoms with van der Waals surface area (Å²) in [5.41, 5.74) is 1.76. The van der Waals surface area contributed by atoms with E-state index >= 15 is 0 Å². The van der Waals surface area contributed by atoms with Crippen molar-refractivity contribution in [1.29, 1.82) is 0 Å². The van der Waals surface area contributed by atoms with E-state index in [0.717, 1.165) is 32.5 Å². The van der Waals surface area contributed by atoms with Crippen molar-refractivity contribution in [1.82, 2.24) is 14.1 Å². The number of benzene rings is 1. The average Bonchev–Trinajstić information content (AvgIpc) is 2.79. The number of carbonyl (C=O) groups excluding carboxylic acids is 1. The van der Waals surface area contributed by atoms with Gasteiger partial charge in [0.15, 0.2) is 0 Å². The molecule has 33 heavy (non-hydrogen) atoms. The van der Waals surface area contributed by atoms with Crippen molar-refractivity contribution in [3.63, 3.8) is 0 Å². The number of ether oxygens (including phenoxy) is 1. The van der Waals surface area contributed by atoms with Gasteiger partial charge in [-0.25, -0.2) is 12.7 Å². The average molecular weight is 480 g/mol. The van der Waals surface area contributed by atoms with Crippen molar-refractivity contribution in [2.45, 2.75) is 64.2 Å². The molecule has 0 unspecified atom stereocenters. The zero-order chi connectivity index (χ0) is 24.2. The molecular formula is C25H41N3O4S. The highest BCUT2D eigenvalue weighted by molar-refractivity contribution is 7.89. The van der Waals surface area contributed by atoms with Gasteiger partial charge in [-0.15, -0.1) is 0 Å². The second kappa shape index (κ2) is 10.7. The molecule has 2 aliphatic heterocycles. The first-order valence-corrected chi connectivity index (χ1v) is 13.7. The van der Waals surface area contributed by atoms with Crippen LogP contribution in [0.4, 0.5) is 0 Å². The van der Waals surface area contributed by atoms with Crippen molar-refractivity contribution in [3.05, 3.63) is 23.3 Å². The Balaban J connectivity index is 1.49. The molecule has 2 heterocycles. The van der Waals surface area contributed by atoms with E-state index in [2.05, 4.69) is 11.8 Å². The van der Waals surface area contributed by atoms with Gasteiger partial charge in [-0.2, -0.15) is 0 Å². The minimum Gasteiger partial charge on any atom is -0.497 e. The van der Waals surface area contributed by atoms with E-state index in [1.54, 1.807) is 40.1 Å². The van der Waals surface area contributed by atoms with Crippen LogP contribution in [0.2, 0.25) is 0 Å². The molecule has 2 fully saturated rings. The van der Waals surface area contributed by atoms with Crippen molar-refractivity contribution in [3.8, 4) is 5.75 Å². The second-order valence-electron chi connectivity index (χ2n) is 9.84. The monoisotopic (exact) mass is 479 g/mol. The Hall–Kier alpha value is -1.64. The molecule has 0 bridgehead atoms. The molecule has 1 aromatic rings. The molecule has 0 aromatic heterocycles. The first kappa shape index (κ1) is 26.0. The molecule has 0 radical (unpaired) electrons. The van der Waals surface area contributed by atoms with Gasteiger partial charge in [-0.1, -0.05) is 6.92 Å². The quantitative estimate of drug-likeness (QED) is 0.571. The molecule has 8 heteroatoms. The number of hydrogen-bond donors (Lipinski definition) is 0. The lowest BCUT2D eigenvalue weighted by atomic mass is 9.71. The third kappa shape index (κ3) is 5.89. The number of aryl methyl sites for hydroxylation is 2. The number of likely N-dealkylation sites (tertiary alicyclic amines) is 2. The molecule has 3 rings (SSSR count). The highest BCUT2D eigenvalue weighted by Crippen LogP contribution is 2.41. The fourth-order valence-electron chi connectivity index (χ4n) is 5.40. The Labute approximate surface area is 200 Å². The van der Waals surface area contributed by atoms with Crippen LogP contribution in [0, 0.1) is 19.3 Å². The van der Waals surface area contributed by atoms with Crippen LogP contribution in [0.25, 0.3) is 0 Å². The van der Waals surface area contributed by atoms with Gasteiger partial charge in [-0.3, -0.25) is 4.79 Å². The molecule has 2 saturated heterocycles. The number of amides is 1. The molecule has 1 aromatic carbocycles. The number of piperidine rings is 2. The van der Waals surface area contributed by atoms with Crippen molar-refractivity contribution in [2.24, 2.45) is 5.41 Å². The van der Waals surface area contributed by atoms with Crippen molar-refractivity contribution < 1.29 is 17.9 Å². The van der Waals surface area contributed by atoms with Crippen molar-refractivity contribution in [2.75, 3.05) is 53.4 Å². The van der Waals surface area contributed by atoms with Gasteiger partial charge in [0, 0.05) is 33.1 Å². The maximum atomic E-state index is 13.2. The van der Waals surface area contributed by atoms with Crippen LogP contribution in [0.1, 0.15) is 56.6 Å². The fourth-order valence-corrected chi connectivity index (χ4v) is 7.01. The largest absolute Gasteiger partial charge is 0.497 e. The standard InChI is InChI=1S/C25H41N3O4S/c1-6-27-14-9-25(10-15-27)11-16-28(17-12-25)23(29)8-7-13-26(4)33(30,31)24-20(2)18-22(32-5)19-21(24)3/h18-19H,6-17H2,1-5H3. The molecule has 1 spiro atoms. The predicted octanol–water partition coefficient (Wildman–Crippen LogP) is 3.44. The molecule has 0 saturated carbocycles. The van der Waals surface area contributed by atoms with Gasteiger partial charge in [0.05, 0.1) is 12.0 Å². The molecule has 0 atom stereocenters. The van der Waals surface area contributed by atoms with E-state index in [1.165, 1.54) is 30.2 Å². The minimum absolute atomic E-state index is 0.151. The first-order valence-electron chi connectivity index (χ1n) is 12.2. The van der Waals surface area contributed by atoms with Crippen LogP contribution in [0.3, 0.4) is 0 Å². The Bertz CT molecular complexity index is 906. The van der Waals surface area contributed by atoms with E-state index in [9.17, 15) is 13.2 Å². The maximum Gasteiger partial charge on any atom is 0.243 e. The lowest BCUT2D eigenvalue weighted by molar-refractivity contribution is -0.134. The van der Waals surface area contributed by atoms with E-state index in [4.69, 9.17) is 4.74 Å². The summed E-state index contributed by atoms with van der Waals surface area (Å²) < 4.78 is 32.9. The summed E-state index contributed by atoms with van der Waals surface area (Å²) in [6.45, 7) is 11.3. The first-order chi connectivity index (χ1) is 15.6. The smallest absolute Gasteiger partial charge is 0.243 e. The number of carbonyl (C=O) groups is 1. The summed E-state index contributed by atoms with van der Waals surface area (Å²) in [7, 11) is -0.459. The molecule has 2 aliphatic rings. The number of methoxy groups -OCH3 is 1. The fraction of sp³-hybridized carbons (Fsp3) is 0.720. The van der Waals surface area contributed by atoms with Crippen LogP contribution in [0.15, 0.2) is 17.0 Å². The normalized spacial score (nSPS) is 19.3. The third-order valence-electron chi connectivity index (χ3n) is 7.74. The van der Waals surface area contributed by atoms with Gasteiger partial charge in [0.2, 0.25) is 15.9 Å². The summed E-state index contributed by atoms with van der Waals surface area (Å²) in [4.78, 5) is 17.6. The summed E-state index contributed by atoms with van der Waals surface area (Å²) in [6.07, 6.45) is 5.60. The lowest BCUT2D eigenvalue weighted by Crippen LogP contribution is -2.48. The third-order valence-corrected chi connectivity index (χ3v) is 9.91. The van der Waals surface area contributed by atoms with E-state index in [-0.39, 0.29) is 5.91 Å². The highest BCUT2D eigenvalue weighted by Gasteiger charge is 2.38. The van der Waals surface area contributed by atoms with Gasteiger partial charge < -0.3 is 14.5 Å². The summed E-state index contributed by atoms with van der Waals surface area (Å²) >= 11 is 0. The number of rotatable bonds is 8. The lowest BCUT2D eigenvalue weighted by Gasteiger charge is -2.46. The number of sulfonamides is 1. The predicted molar refractivity (Wildman–Crippen MR) is 131 cm³/mol. The van der Waals surface area contributed by atoms with Crippen LogP contribution >= 0.6 is 0 Å². The molecule has 0 aliphatic carbocycles. The van der Waals surface area contributed by atoms with E-state index < -0.39 is 10.0 Å². The summed E-state index contributed by atoms with van der Waals surface area (Å²) in [5, 5.41) is 0. The van der Waals surface area contributed by atoms with Crippen LogP contribution in [-0.4, -0.2) is 81.9 Å². The maximum absolute atomic E-state index is 13.2. The number of nitrogens with zero attached hydrogens (tertiary/aromatic N) is 3. The van der Waals surface area contributed by atoms with Crippen molar-refractivity contribution >= 4 is 15.9 Å². The van der Waals surface area contributed by atoms with Crippen LogP contribution < -0.4 is 4.74 Å². The molecule has 7 nitrogen and oxygen atoms in total. The molecule has 186 valence electrons. The Morgan fingerprint density at radius 2 is 1.61 bits per heavy atom. The topological polar surface area (TPSA) is 70.2 Å². The minimum atomic E-state index is -3.62. The second-order valence-corrected chi connectivity index (χ2v) is 11.8. The van der Waals surface area contributed by atoms with E-state index in [0.29, 0.717) is 46.6 Å². The highest BCUT2D eigenvalue weighted by atomic mass is 32.2. The SMILES string of the molecule is CCN1CCC2(CC1)CCN(C(=O)CCCN(C)S(=O)(=O)c1c(C)cc(OC)cc1C)CC2. The summed E-state index contributed by atoms with van der Waals surface area (Å²) in [5.74, 6) is 0.801. The van der Waals surface area contributed by atoms with Crippen LogP contribution in [0.5, 0.6) is 5.75 Å².